The molecule has 0 spiro atoms. The van der Waals surface area contributed by atoms with Crippen molar-refractivity contribution in [1.29, 1.82) is 0 Å². The minimum Gasteiger partial charge on any atom is -0.494 e. The van der Waals surface area contributed by atoms with Crippen molar-refractivity contribution in [3.63, 3.8) is 0 Å². The monoisotopic (exact) mass is 518 g/mol. The zero-order valence-electron chi connectivity index (χ0n) is 22.4. The van der Waals surface area contributed by atoms with Crippen LogP contribution in [-0.2, 0) is 4.79 Å². The second kappa shape index (κ2) is 13.1. The number of ether oxygens (including phenoxy) is 1. The van der Waals surface area contributed by atoms with Crippen LogP contribution in [0.25, 0.3) is 0 Å². The molecule has 0 radical (unpaired) electrons. The van der Waals surface area contributed by atoms with Crippen LogP contribution in [0.5, 0.6) is 5.75 Å². The molecule has 3 amide bonds. The molecule has 0 saturated carbocycles. The number of aromatic nitrogens is 2. The Morgan fingerprint density at radius 1 is 1.00 bits per heavy atom. The number of methoxy groups -OCH3 is 1. The minimum absolute atomic E-state index is 0.309. The van der Waals surface area contributed by atoms with Crippen LogP contribution in [0, 0.1) is 0 Å². The molecular formula is C27H34N8O3. The molecule has 0 aliphatic rings. The molecule has 200 valence electrons. The third-order valence-corrected chi connectivity index (χ3v) is 5.61. The lowest BCUT2D eigenvalue weighted by Crippen LogP contribution is -2.32. The average Bonchev–Trinajstić information content (AvgIpc) is 2.91. The van der Waals surface area contributed by atoms with Gasteiger partial charge in [0.15, 0.2) is 0 Å². The normalized spacial score (nSPS) is 10.5. The molecule has 0 atom stereocenters. The van der Waals surface area contributed by atoms with Crippen LogP contribution in [0.15, 0.2) is 67.4 Å². The number of urea groups is 1. The Morgan fingerprint density at radius 3 is 2.42 bits per heavy atom. The third-order valence-electron chi connectivity index (χ3n) is 5.61. The second-order valence-electron chi connectivity index (χ2n) is 8.74. The highest BCUT2D eigenvalue weighted by molar-refractivity contribution is 6.02. The summed E-state index contributed by atoms with van der Waals surface area (Å²) in [5, 5.41) is 8.63. The van der Waals surface area contributed by atoms with Gasteiger partial charge in [0, 0.05) is 56.5 Å². The van der Waals surface area contributed by atoms with E-state index in [0.29, 0.717) is 34.6 Å². The van der Waals surface area contributed by atoms with E-state index in [1.165, 1.54) is 11.0 Å². The van der Waals surface area contributed by atoms with Crippen molar-refractivity contribution in [3.05, 3.63) is 67.4 Å². The highest BCUT2D eigenvalue weighted by Gasteiger charge is 2.15. The van der Waals surface area contributed by atoms with E-state index in [1.807, 2.05) is 39.3 Å². The fourth-order valence-corrected chi connectivity index (χ4v) is 3.40. The van der Waals surface area contributed by atoms with Crippen LogP contribution < -0.4 is 30.5 Å². The van der Waals surface area contributed by atoms with Gasteiger partial charge in [-0.2, -0.15) is 4.98 Å². The lowest BCUT2D eigenvalue weighted by Gasteiger charge is -2.23. The van der Waals surface area contributed by atoms with E-state index in [1.54, 1.807) is 50.7 Å². The fraction of sp³-hybridized carbons (Fsp3) is 0.259. The van der Waals surface area contributed by atoms with Crippen LogP contribution >= 0.6 is 0 Å². The summed E-state index contributed by atoms with van der Waals surface area (Å²) in [4.78, 5) is 38.8. The standard InChI is InChI=1S/C27H34N8O3/c1-7-25(36)29-19-9-8-10-20(17-19)30-27(37)35(5)24-13-14-28-26(32-24)31-22-12-11-21(18-23(22)38-6)34(4)16-15-33(2)3/h7-14,17-18H,1,15-16H2,2-6H3,(H,29,36)(H,30,37)(H,28,31,32). The molecule has 0 unspecified atom stereocenters. The maximum atomic E-state index is 12.9. The van der Waals surface area contributed by atoms with E-state index < -0.39 is 6.03 Å². The molecular weight excluding hydrogens is 484 g/mol. The average molecular weight is 519 g/mol. The Morgan fingerprint density at radius 2 is 1.74 bits per heavy atom. The predicted molar refractivity (Wildman–Crippen MR) is 153 cm³/mol. The Hall–Kier alpha value is -4.64. The van der Waals surface area contributed by atoms with Crippen molar-refractivity contribution in [1.82, 2.24) is 14.9 Å². The number of hydrogen-bond acceptors (Lipinski definition) is 8. The van der Waals surface area contributed by atoms with Gasteiger partial charge in [-0.05, 0) is 56.6 Å². The van der Waals surface area contributed by atoms with Crippen LogP contribution in [-0.4, -0.2) is 75.2 Å². The SMILES string of the molecule is C=CC(=O)Nc1cccc(NC(=O)N(C)c2ccnc(Nc3ccc(N(C)CCN(C)C)cc3OC)n2)c1. The number of rotatable bonds is 11. The van der Waals surface area contributed by atoms with E-state index >= 15 is 0 Å². The first-order valence-corrected chi connectivity index (χ1v) is 11.9. The molecule has 2 aromatic carbocycles. The summed E-state index contributed by atoms with van der Waals surface area (Å²) >= 11 is 0. The molecule has 3 aromatic rings. The summed E-state index contributed by atoms with van der Waals surface area (Å²) in [7, 11) is 9.33. The lowest BCUT2D eigenvalue weighted by atomic mass is 10.2. The maximum absolute atomic E-state index is 12.9. The number of carbonyl (C=O) groups is 2. The maximum Gasteiger partial charge on any atom is 0.327 e. The zero-order chi connectivity index (χ0) is 27.7. The van der Waals surface area contributed by atoms with E-state index in [4.69, 9.17) is 4.74 Å². The van der Waals surface area contributed by atoms with Crippen LogP contribution in [0.3, 0.4) is 0 Å². The topological polar surface area (TPSA) is 115 Å². The molecule has 11 heteroatoms. The van der Waals surface area contributed by atoms with Crippen molar-refractivity contribution in [2.24, 2.45) is 0 Å². The number of likely N-dealkylation sites (N-methyl/N-ethyl adjacent to an activating group) is 2. The van der Waals surface area contributed by atoms with Crippen molar-refractivity contribution < 1.29 is 14.3 Å². The van der Waals surface area contributed by atoms with Crippen molar-refractivity contribution in [2.45, 2.75) is 0 Å². The number of anilines is 6. The quantitative estimate of drug-likeness (QED) is 0.326. The van der Waals surface area contributed by atoms with Crippen LogP contribution in [0.1, 0.15) is 0 Å². The number of nitrogens with zero attached hydrogens (tertiary/aromatic N) is 5. The smallest absolute Gasteiger partial charge is 0.327 e. The molecule has 3 N–H and O–H groups in total. The summed E-state index contributed by atoms with van der Waals surface area (Å²) in [6.07, 6.45) is 2.74. The van der Waals surface area contributed by atoms with Crippen molar-refractivity contribution >= 4 is 46.5 Å². The van der Waals surface area contributed by atoms with E-state index in [2.05, 4.69) is 42.3 Å². The predicted octanol–water partition coefficient (Wildman–Crippen LogP) is 4.02. The van der Waals surface area contributed by atoms with Gasteiger partial charge in [0.25, 0.3) is 0 Å². The first-order chi connectivity index (χ1) is 18.2. The highest BCUT2D eigenvalue weighted by atomic mass is 16.5. The Kier molecular flexibility index (Phi) is 9.60. The number of hydrogen-bond donors (Lipinski definition) is 3. The van der Waals surface area contributed by atoms with Crippen molar-refractivity contribution in [2.75, 3.05) is 74.1 Å². The molecule has 0 bridgehead atoms. The summed E-state index contributed by atoms with van der Waals surface area (Å²) < 4.78 is 5.60. The zero-order valence-corrected chi connectivity index (χ0v) is 22.4. The van der Waals surface area contributed by atoms with E-state index in [9.17, 15) is 9.59 Å². The summed E-state index contributed by atoms with van der Waals surface area (Å²) in [5.74, 6) is 0.996. The molecule has 3 rings (SSSR count). The first kappa shape index (κ1) is 27.9. The molecule has 0 saturated heterocycles. The fourth-order valence-electron chi connectivity index (χ4n) is 3.40. The molecule has 38 heavy (non-hydrogen) atoms. The second-order valence-corrected chi connectivity index (χ2v) is 8.74. The molecule has 0 fully saturated rings. The highest BCUT2D eigenvalue weighted by Crippen LogP contribution is 2.31. The first-order valence-electron chi connectivity index (χ1n) is 11.9. The molecule has 0 aliphatic heterocycles. The number of benzene rings is 2. The molecule has 1 heterocycles. The Balaban J connectivity index is 1.70. The molecule has 0 aliphatic carbocycles. The van der Waals surface area contributed by atoms with Crippen LogP contribution in [0.2, 0.25) is 0 Å². The van der Waals surface area contributed by atoms with Gasteiger partial charge in [-0.3, -0.25) is 9.69 Å². The summed E-state index contributed by atoms with van der Waals surface area (Å²) in [6, 6.07) is 13.9. The van der Waals surface area contributed by atoms with Gasteiger partial charge in [0.2, 0.25) is 11.9 Å². The molecule has 11 nitrogen and oxygen atoms in total. The van der Waals surface area contributed by atoms with Gasteiger partial charge in [0.05, 0.1) is 12.8 Å². The van der Waals surface area contributed by atoms with Gasteiger partial charge >= 0.3 is 6.03 Å². The lowest BCUT2D eigenvalue weighted by molar-refractivity contribution is -0.111. The van der Waals surface area contributed by atoms with E-state index in [0.717, 1.165) is 18.8 Å². The largest absolute Gasteiger partial charge is 0.494 e. The van der Waals surface area contributed by atoms with Gasteiger partial charge in [-0.15, -0.1) is 0 Å². The number of carbonyl (C=O) groups excluding carboxylic acids is 2. The van der Waals surface area contributed by atoms with Gasteiger partial charge in [-0.25, -0.2) is 9.78 Å². The third kappa shape index (κ3) is 7.68. The minimum atomic E-state index is -0.412. The van der Waals surface area contributed by atoms with Crippen LogP contribution in [0.4, 0.5) is 39.3 Å². The van der Waals surface area contributed by atoms with Gasteiger partial charge in [-0.1, -0.05) is 12.6 Å². The van der Waals surface area contributed by atoms with Gasteiger partial charge in [0.1, 0.15) is 11.6 Å². The molecule has 1 aromatic heterocycles. The van der Waals surface area contributed by atoms with Crippen molar-refractivity contribution in [3.8, 4) is 5.75 Å². The van der Waals surface area contributed by atoms with E-state index in [-0.39, 0.29) is 5.91 Å². The summed E-state index contributed by atoms with van der Waals surface area (Å²) in [5.41, 5.74) is 2.76. The number of amides is 3. The summed E-state index contributed by atoms with van der Waals surface area (Å²) in [6.45, 7) is 5.23. The van der Waals surface area contributed by atoms with Gasteiger partial charge < -0.3 is 30.5 Å². The number of nitrogens with one attached hydrogen (secondary N) is 3. The Labute approximate surface area is 223 Å². The Bertz CT molecular complexity index is 1280.